The summed E-state index contributed by atoms with van der Waals surface area (Å²) in [4.78, 5) is 13.7. The molecule has 1 aliphatic rings. The number of nitrogens with zero attached hydrogens (tertiary/aromatic N) is 1. The van der Waals surface area contributed by atoms with Gasteiger partial charge in [0.1, 0.15) is 0 Å². The van der Waals surface area contributed by atoms with Crippen LogP contribution in [0.15, 0.2) is 36.4 Å². The number of hydrogen-bond donors (Lipinski definition) is 1. The summed E-state index contributed by atoms with van der Waals surface area (Å²) in [6.07, 6.45) is 1.27. The van der Waals surface area contributed by atoms with Crippen molar-refractivity contribution in [3.63, 3.8) is 0 Å². The fraction of sp³-hybridized carbons (Fsp3) is 0.458. The Morgan fingerprint density at radius 2 is 2.00 bits per heavy atom. The second kappa shape index (κ2) is 10.4. The molecule has 0 unspecified atom stereocenters. The zero-order valence-electron chi connectivity index (χ0n) is 18.0. The molecule has 0 fully saturated rings. The third-order valence-electron chi connectivity index (χ3n) is 5.44. The molecule has 1 amide bonds. The van der Waals surface area contributed by atoms with Crippen LogP contribution in [0.1, 0.15) is 48.6 Å². The molecule has 3 rings (SSSR count). The Hall–Kier alpha value is -2.60. The molecule has 6 heteroatoms. The van der Waals surface area contributed by atoms with Gasteiger partial charge in [-0.3, -0.25) is 14.1 Å². The molecule has 1 atom stereocenters. The number of methoxy groups -OCH3 is 1. The SMILES string of the molecule is COc1c(OCCCF)ccc2c1CCN(Cc1ccc([C@H](C)NC(C)=O)cc1)C2. The highest BCUT2D eigenvalue weighted by molar-refractivity contribution is 5.73. The third kappa shape index (κ3) is 5.51. The first-order valence-corrected chi connectivity index (χ1v) is 10.5. The molecule has 30 heavy (non-hydrogen) atoms. The van der Waals surface area contributed by atoms with E-state index in [1.54, 1.807) is 7.11 Å². The first-order chi connectivity index (χ1) is 14.5. The summed E-state index contributed by atoms with van der Waals surface area (Å²) in [5, 5.41) is 2.91. The van der Waals surface area contributed by atoms with Gasteiger partial charge in [0.15, 0.2) is 11.5 Å². The van der Waals surface area contributed by atoms with Crippen LogP contribution in [-0.2, 0) is 24.3 Å². The van der Waals surface area contributed by atoms with E-state index in [1.807, 2.05) is 13.0 Å². The molecule has 2 aromatic carbocycles. The predicted molar refractivity (Wildman–Crippen MR) is 116 cm³/mol. The van der Waals surface area contributed by atoms with E-state index in [1.165, 1.54) is 23.6 Å². The second-order valence-corrected chi connectivity index (χ2v) is 7.75. The van der Waals surface area contributed by atoms with E-state index in [9.17, 15) is 9.18 Å². The van der Waals surface area contributed by atoms with Gasteiger partial charge in [-0.15, -0.1) is 0 Å². The summed E-state index contributed by atoms with van der Waals surface area (Å²) >= 11 is 0. The Bertz CT molecular complexity index is 854. The van der Waals surface area contributed by atoms with Gasteiger partial charge in [0.25, 0.3) is 0 Å². The molecule has 1 heterocycles. The van der Waals surface area contributed by atoms with Crippen molar-refractivity contribution in [1.29, 1.82) is 0 Å². The van der Waals surface area contributed by atoms with E-state index in [0.717, 1.165) is 37.4 Å². The molecule has 5 nitrogen and oxygen atoms in total. The fourth-order valence-electron chi connectivity index (χ4n) is 3.93. The monoisotopic (exact) mass is 414 g/mol. The Labute approximate surface area is 178 Å². The summed E-state index contributed by atoms with van der Waals surface area (Å²) in [5.41, 5.74) is 4.77. The predicted octanol–water partition coefficient (Wildman–Crippen LogP) is 4.19. The van der Waals surface area contributed by atoms with E-state index in [2.05, 4.69) is 40.5 Å². The van der Waals surface area contributed by atoms with Gasteiger partial charge in [0.05, 0.1) is 26.4 Å². The summed E-state index contributed by atoms with van der Waals surface area (Å²) in [5.74, 6) is 1.45. The van der Waals surface area contributed by atoms with E-state index < -0.39 is 0 Å². The number of rotatable bonds is 9. The molecule has 0 saturated heterocycles. The van der Waals surface area contributed by atoms with Crippen LogP contribution in [0, 0.1) is 0 Å². The minimum Gasteiger partial charge on any atom is -0.493 e. The average Bonchev–Trinajstić information content (AvgIpc) is 2.73. The Balaban J connectivity index is 1.64. The van der Waals surface area contributed by atoms with Gasteiger partial charge in [0.2, 0.25) is 5.91 Å². The average molecular weight is 415 g/mol. The van der Waals surface area contributed by atoms with E-state index in [-0.39, 0.29) is 18.6 Å². The van der Waals surface area contributed by atoms with Gasteiger partial charge < -0.3 is 14.8 Å². The van der Waals surface area contributed by atoms with Gasteiger partial charge in [-0.1, -0.05) is 30.3 Å². The minimum absolute atomic E-state index is 0.00666. The molecule has 1 N–H and O–H groups in total. The lowest BCUT2D eigenvalue weighted by Crippen LogP contribution is -2.30. The molecule has 0 saturated carbocycles. The zero-order chi connectivity index (χ0) is 21.5. The second-order valence-electron chi connectivity index (χ2n) is 7.75. The number of carbonyl (C=O) groups is 1. The topological polar surface area (TPSA) is 50.8 Å². The molecule has 0 bridgehead atoms. The van der Waals surface area contributed by atoms with Gasteiger partial charge in [-0.05, 0) is 36.1 Å². The quantitative estimate of drug-likeness (QED) is 0.625. The third-order valence-corrected chi connectivity index (χ3v) is 5.44. The van der Waals surface area contributed by atoms with Crippen LogP contribution in [0.3, 0.4) is 0 Å². The van der Waals surface area contributed by atoms with Crippen LogP contribution >= 0.6 is 0 Å². The van der Waals surface area contributed by atoms with Crippen molar-refractivity contribution in [2.45, 2.75) is 45.8 Å². The number of benzene rings is 2. The van der Waals surface area contributed by atoms with E-state index >= 15 is 0 Å². The van der Waals surface area contributed by atoms with Crippen LogP contribution in [0.25, 0.3) is 0 Å². The lowest BCUT2D eigenvalue weighted by Gasteiger charge is -2.30. The summed E-state index contributed by atoms with van der Waals surface area (Å²) in [6, 6.07) is 12.4. The van der Waals surface area contributed by atoms with Gasteiger partial charge in [0, 0.05) is 38.5 Å². The van der Waals surface area contributed by atoms with Crippen molar-refractivity contribution in [1.82, 2.24) is 10.2 Å². The van der Waals surface area contributed by atoms with Gasteiger partial charge in [-0.2, -0.15) is 0 Å². The lowest BCUT2D eigenvalue weighted by molar-refractivity contribution is -0.119. The number of carbonyl (C=O) groups excluding carboxylic acids is 1. The van der Waals surface area contributed by atoms with Gasteiger partial charge >= 0.3 is 0 Å². The highest BCUT2D eigenvalue weighted by Gasteiger charge is 2.22. The van der Waals surface area contributed by atoms with Crippen molar-refractivity contribution < 1.29 is 18.7 Å². The number of ether oxygens (including phenoxy) is 2. The van der Waals surface area contributed by atoms with Crippen molar-refractivity contribution in [3.05, 3.63) is 58.7 Å². The maximum Gasteiger partial charge on any atom is 0.217 e. The number of amides is 1. The van der Waals surface area contributed by atoms with Crippen LogP contribution in [0.4, 0.5) is 4.39 Å². The maximum atomic E-state index is 12.4. The van der Waals surface area contributed by atoms with Crippen LogP contribution < -0.4 is 14.8 Å². The Morgan fingerprint density at radius 3 is 2.67 bits per heavy atom. The highest BCUT2D eigenvalue weighted by atomic mass is 19.1. The highest BCUT2D eigenvalue weighted by Crippen LogP contribution is 2.37. The minimum atomic E-state index is -0.380. The Kier molecular flexibility index (Phi) is 7.69. The van der Waals surface area contributed by atoms with Crippen molar-refractivity contribution in [2.75, 3.05) is 26.9 Å². The number of alkyl halides is 1. The number of hydrogen-bond acceptors (Lipinski definition) is 4. The molecule has 0 spiro atoms. The Morgan fingerprint density at radius 1 is 1.23 bits per heavy atom. The summed E-state index contributed by atoms with van der Waals surface area (Å²) < 4.78 is 23.7. The van der Waals surface area contributed by atoms with Crippen LogP contribution in [0.2, 0.25) is 0 Å². The molecule has 0 aromatic heterocycles. The van der Waals surface area contributed by atoms with E-state index in [4.69, 9.17) is 9.47 Å². The molecule has 0 aliphatic carbocycles. The van der Waals surface area contributed by atoms with Crippen molar-refractivity contribution >= 4 is 5.91 Å². The number of fused-ring (bicyclic) bond motifs is 1. The number of nitrogens with one attached hydrogen (secondary N) is 1. The molecule has 162 valence electrons. The molecular formula is C24H31FN2O3. The van der Waals surface area contributed by atoms with E-state index in [0.29, 0.717) is 18.8 Å². The molecule has 1 aliphatic heterocycles. The van der Waals surface area contributed by atoms with Gasteiger partial charge in [-0.25, -0.2) is 0 Å². The first kappa shape index (κ1) is 22.1. The number of halogens is 1. The van der Waals surface area contributed by atoms with Crippen molar-refractivity contribution in [3.8, 4) is 11.5 Å². The fourth-order valence-corrected chi connectivity index (χ4v) is 3.93. The normalized spacial score (nSPS) is 14.7. The standard InChI is InChI=1S/C24H31FN2O3/c1-17(26-18(2)28)20-7-5-19(6-8-20)15-27-13-11-22-21(16-27)9-10-23(24(22)29-3)30-14-4-12-25/h5-10,17H,4,11-16H2,1-3H3,(H,26,28)/t17-/m0/s1. The molecular weight excluding hydrogens is 383 g/mol. The van der Waals surface area contributed by atoms with Crippen molar-refractivity contribution in [2.24, 2.45) is 0 Å². The smallest absolute Gasteiger partial charge is 0.217 e. The first-order valence-electron chi connectivity index (χ1n) is 10.5. The lowest BCUT2D eigenvalue weighted by atomic mass is 9.97. The maximum absolute atomic E-state index is 12.4. The summed E-state index contributed by atoms with van der Waals surface area (Å²) in [7, 11) is 1.66. The summed E-state index contributed by atoms with van der Waals surface area (Å²) in [6.45, 7) is 6.14. The van der Waals surface area contributed by atoms with Crippen LogP contribution in [-0.4, -0.2) is 37.7 Å². The molecule has 2 aromatic rings. The zero-order valence-corrected chi connectivity index (χ0v) is 18.0. The largest absolute Gasteiger partial charge is 0.493 e. The molecule has 0 radical (unpaired) electrons. The van der Waals surface area contributed by atoms with Crippen LogP contribution in [0.5, 0.6) is 11.5 Å².